The number of nitro groups is 1. The summed E-state index contributed by atoms with van der Waals surface area (Å²) >= 11 is 13.2. The van der Waals surface area contributed by atoms with Gasteiger partial charge in [-0.1, -0.05) is 47.5 Å². The first kappa shape index (κ1) is 22.1. The Balaban J connectivity index is 1.59. The highest BCUT2D eigenvalue weighted by molar-refractivity contribution is 8.18. The summed E-state index contributed by atoms with van der Waals surface area (Å²) in [5, 5.41) is 11.6. The van der Waals surface area contributed by atoms with Crippen LogP contribution < -0.4 is 0 Å². The van der Waals surface area contributed by atoms with Gasteiger partial charge in [-0.3, -0.25) is 24.6 Å². The van der Waals surface area contributed by atoms with Gasteiger partial charge in [-0.25, -0.2) is 0 Å². The number of thioether (sulfide) groups is 1. The second kappa shape index (κ2) is 9.20. The van der Waals surface area contributed by atoms with Crippen molar-refractivity contribution in [3.63, 3.8) is 0 Å². The van der Waals surface area contributed by atoms with Gasteiger partial charge in [0, 0.05) is 39.1 Å². The van der Waals surface area contributed by atoms with Crippen molar-refractivity contribution in [3.8, 4) is 0 Å². The average molecular weight is 488 g/mol. The summed E-state index contributed by atoms with van der Waals surface area (Å²) in [6, 6.07) is 15.0. The highest BCUT2D eigenvalue weighted by Crippen LogP contribution is 2.35. The lowest BCUT2D eigenvalue weighted by Crippen LogP contribution is -2.27. The number of benzene rings is 2. The predicted octanol–water partition coefficient (Wildman–Crippen LogP) is 5.99. The molecule has 0 atom stereocenters. The third-order valence-electron chi connectivity index (χ3n) is 4.92. The monoisotopic (exact) mass is 487 g/mol. The Bertz CT molecular complexity index is 1250. The number of hydrogen-bond acceptors (Lipinski definition) is 5. The quantitative estimate of drug-likeness (QED) is 0.242. The topological polar surface area (TPSA) is 85.5 Å². The van der Waals surface area contributed by atoms with Crippen molar-refractivity contribution in [2.45, 2.75) is 13.1 Å². The molecule has 0 N–H and O–H groups in total. The van der Waals surface area contributed by atoms with Crippen molar-refractivity contribution in [2.24, 2.45) is 0 Å². The summed E-state index contributed by atoms with van der Waals surface area (Å²) < 4.78 is 1.78. The van der Waals surface area contributed by atoms with Crippen LogP contribution in [0.1, 0.15) is 16.8 Å². The maximum Gasteiger partial charge on any atom is 0.293 e. The molecule has 1 fully saturated rings. The molecule has 0 spiro atoms. The second-order valence-corrected chi connectivity index (χ2v) is 8.72. The second-order valence-electron chi connectivity index (χ2n) is 6.91. The van der Waals surface area contributed by atoms with Crippen LogP contribution in [0.3, 0.4) is 0 Å². The number of nitro benzene ring substituents is 1. The number of imide groups is 1. The van der Waals surface area contributed by atoms with E-state index in [0.717, 1.165) is 16.7 Å². The van der Waals surface area contributed by atoms with Crippen LogP contribution in [-0.2, 0) is 17.9 Å². The first-order chi connectivity index (χ1) is 15.3. The number of rotatable bonds is 6. The van der Waals surface area contributed by atoms with Crippen LogP contribution in [-0.4, -0.2) is 25.5 Å². The van der Waals surface area contributed by atoms with Crippen LogP contribution in [0.4, 0.5) is 10.5 Å². The van der Waals surface area contributed by atoms with E-state index in [2.05, 4.69) is 0 Å². The summed E-state index contributed by atoms with van der Waals surface area (Å²) in [5.41, 5.74) is 1.69. The summed E-state index contributed by atoms with van der Waals surface area (Å²) in [4.78, 5) is 37.6. The number of hydrogen-bond donors (Lipinski definition) is 0. The minimum atomic E-state index is -0.450. The molecule has 2 heterocycles. The molecule has 3 aromatic rings. The van der Waals surface area contributed by atoms with Crippen LogP contribution in [0.2, 0.25) is 10.0 Å². The van der Waals surface area contributed by atoms with Gasteiger partial charge < -0.3 is 4.57 Å². The van der Waals surface area contributed by atoms with E-state index in [0.29, 0.717) is 26.9 Å². The van der Waals surface area contributed by atoms with Crippen molar-refractivity contribution in [1.82, 2.24) is 9.47 Å². The normalized spacial score (nSPS) is 15.1. The number of para-hydroxylation sites is 1. The van der Waals surface area contributed by atoms with Crippen LogP contribution in [0.5, 0.6) is 0 Å². The van der Waals surface area contributed by atoms with Crippen molar-refractivity contribution < 1.29 is 14.5 Å². The molecular formula is C22H15Cl2N3O4S. The van der Waals surface area contributed by atoms with Gasteiger partial charge in [-0.05, 0) is 42.1 Å². The third-order valence-corrected chi connectivity index (χ3v) is 6.54. The van der Waals surface area contributed by atoms with Gasteiger partial charge in [0.15, 0.2) is 0 Å². The van der Waals surface area contributed by atoms with Gasteiger partial charge in [-0.2, -0.15) is 0 Å². The molecule has 4 rings (SSSR count). The van der Waals surface area contributed by atoms with Gasteiger partial charge in [0.05, 0.1) is 22.9 Å². The Hall–Kier alpha value is -3.07. The average Bonchev–Trinajstić information content (AvgIpc) is 3.29. The molecule has 0 saturated carbocycles. The molecule has 162 valence electrons. The number of aromatic nitrogens is 1. The predicted molar refractivity (Wildman–Crippen MR) is 125 cm³/mol. The van der Waals surface area contributed by atoms with Crippen LogP contribution in [0.15, 0.2) is 65.7 Å². The summed E-state index contributed by atoms with van der Waals surface area (Å²) in [6.45, 7) is 0.215. The molecule has 7 nitrogen and oxygen atoms in total. The zero-order valence-corrected chi connectivity index (χ0v) is 18.7. The highest BCUT2D eigenvalue weighted by atomic mass is 35.5. The molecule has 32 heavy (non-hydrogen) atoms. The fourth-order valence-corrected chi connectivity index (χ4v) is 4.66. The molecule has 0 aliphatic carbocycles. The highest BCUT2D eigenvalue weighted by Gasteiger charge is 2.36. The Kier molecular flexibility index (Phi) is 6.36. The molecule has 2 aromatic carbocycles. The summed E-state index contributed by atoms with van der Waals surface area (Å²) in [5.74, 6) is -0.450. The van der Waals surface area contributed by atoms with Crippen LogP contribution >= 0.6 is 35.0 Å². The molecule has 0 radical (unpaired) electrons. The first-order valence-electron chi connectivity index (χ1n) is 9.41. The van der Waals surface area contributed by atoms with E-state index >= 15 is 0 Å². The van der Waals surface area contributed by atoms with E-state index in [1.807, 2.05) is 0 Å². The Morgan fingerprint density at radius 2 is 1.69 bits per heavy atom. The van der Waals surface area contributed by atoms with E-state index < -0.39 is 16.1 Å². The molecule has 1 aliphatic rings. The van der Waals surface area contributed by atoms with Crippen LogP contribution in [0.25, 0.3) is 6.08 Å². The Morgan fingerprint density at radius 3 is 2.41 bits per heavy atom. The summed E-state index contributed by atoms with van der Waals surface area (Å²) in [7, 11) is 0. The minimum absolute atomic E-state index is 0.0177. The smallest absolute Gasteiger partial charge is 0.293 e. The summed E-state index contributed by atoms with van der Waals surface area (Å²) in [6.07, 6.45) is 3.37. The number of nitrogens with zero attached hydrogens (tertiary/aromatic N) is 3. The van der Waals surface area contributed by atoms with E-state index in [1.165, 1.54) is 6.07 Å². The molecule has 1 saturated heterocycles. The lowest BCUT2D eigenvalue weighted by Gasteiger charge is -2.14. The first-order valence-corrected chi connectivity index (χ1v) is 11.0. The number of carbonyl (C=O) groups excluding carboxylic acids is 2. The molecule has 0 unspecified atom stereocenters. The zero-order valence-electron chi connectivity index (χ0n) is 16.4. The Morgan fingerprint density at radius 1 is 0.969 bits per heavy atom. The standard InChI is InChI=1S/C22H15Cl2N3O4S/c23-17-7-3-8-18(24)16(17)13-26-21(28)20(32-22(26)29)11-15-6-4-10-25(15)12-14-5-1-2-9-19(14)27(30)31/h1-11H,12-13H2/b20-11-. The van der Waals surface area contributed by atoms with Crippen molar-refractivity contribution in [2.75, 3.05) is 0 Å². The van der Waals surface area contributed by atoms with Crippen molar-refractivity contribution in [1.29, 1.82) is 0 Å². The molecule has 1 aliphatic heterocycles. The van der Waals surface area contributed by atoms with E-state index in [4.69, 9.17) is 23.2 Å². The van der Waals surface area contributed by atoms with Crippen LogP contribution in [0, 0.1) is 10.1 Å². The van der Waals surface area contributed by atoms with Gasteiger partial charge in [0.2, 0.25) is 0 Å². The molecule has 1 aromatic heterocycles. The lowest BCUT2D eigenvalue weighted by atomic mass is 10.2. The fraction of sp³-hybridized carbons (Fsp3) is 0.0909. The number of amides is 2. The van der Waals surface area contributed by atoms with Gasteiger partial charge >= 0.3 is 0 Å². The van der Waals surface area contributed by atoms with Gasteiger partial charge in [0.25, 0.3) is 16.8 Å². The molecule has 2 amide bonds. The molecular weight excluding hydrogens is 473 g/mol. The van der Waals surface area contributed by atoms with E-state index in [1.54, 1.807) is 65.4 Å². The molecule has 0 bridgehead atoms. The van der Waals surface area contributed by atoms with Crippen molar-refractivity contribution in [3.05, 3.63) is 103 Å². The SMILES string of the molecule is O=C1S/C(=C\c2cccn2Cc2ccccc2[N+](=O)[O-])C(=O)N1Cc1c(Cl)cccc1Cl. The van der Waals surface area contributed by atoms with E-state index in [-0.39, 0.29) is 23.7 Å². The van der Waals surface area contributed by atoms with Gasteiger partial charge in [0.1, 0.15) is 0 Å². The van der Waals surface area contributed by atoms with E-state index in [9.17, 15) is 19.7 Å². The minimum Gasteiger partial charge on any atom is -0.343 e. The number of halogens is 2. The Labute approximate surface area is 197 Å². The van der Waals surface area contributed by atoms with Gasteiger partial charge in [-0.15, -0.1) is 0 Å². The maximum absolute atomic E-state index is 12.9. The lowest BCUT2D eigenvalue weighted by molar-refractivity contribution is -0.385. The number of carbonyl (C=O) groups is 2. The van der Waals surface area contributed by atoms with Crippen molar-refractivity contribution >= 4 is 57.9 Å². The zero-order chi connectivity index (χ0) is 22.8. The maximum atomic E-state index is 12.9. The fourth-order valence-electron chi connectivity index (χ4n) is 3.32. The molecule has 10 heteroatoms. The third kappa shape index (κ3) is 4.43. The largest absolute Gasteiger partial charge is 0.343 e.